The van der Waals surface area contributed by atoms with Crippen LogP contribution in [0.15, 0.2) is 11.6 Å². The van der Waals surface area contributed by atoms with E-state index in [0.717, 1.165) is 50.5 Å². The van der Waals surface area contributed by atoms with Gasteiger partial charge in [-0.3, -0.25) is 9.59 Å². The predicted molar refractivity (Wildman–Crippen MR) is 66.7 cm³/mol. The Morgan fingerprint density at radius 3 is 2.59 bits per heavy atom. The zero-order valence-electron chi connectivity index (χ0n) is 10.7. The number of carbonyl (C=O) groups is 2. The lowest BCUT2D eigenvalue weighted by molar-refractivity contribution is -0.140. The summed E-state index contributed by atoms with van der Waals surface area (Å²) in [5, 5.41) is 0. The fourth-order valence-electron chi connectivity index (χ4n) is 2.11. The molecule has 3 heteroatoms. The standard InChI is InChI=1S/C14H22O3/c1-17-14(16)11-6-4-2-3-5-8-12-9-7-10-13(12)15/h9H,2-8,10-11H2,1H3. The van der Waals surface area contributed by atoms with Crippen LogP contribution < -0.4 is 0 Å². The highest BCUT2D eigenvalue weighted by atomic mass is 16.5. The highest BCUT2D eigenvalue weighted by Crippen LogP contribution is 2.20. The van der Waals surface area contributed by atoms with Crippen molar-refractivity contribution in [3.8, 4) is 0 Å². The Bertz CT molecular complexity index is 292. The summed E-state index contributed by atoms with van der Waals surface area (Å²) in [5.41, 5.74) is 1.04. The number of allylic oxidation sites excluding steroid dienone is 2. The number of hydrogen-bond acceptors (Lipinski definition) is 3. The van der Waals surface area contributed by atoms with E-state index in [0.29, 0.717) is 18.6 Å². The molecule has 0 spiro atoms. The Morgan fingerprint density at radius 1 is 1.24 bits per heavy atom. The van der Waals surface area contributed by atoms with E-state index < -0.39 is 0 Å². The number of carbonyl (C=O) groups excluding carboxylic acids is 2. The molecular formula is C14H22O3. The van der Waals surface area contributed by atoms with Gasteiger partial charge < -0.3 is 4.74 Å². The summed E-state index contributed by atoms with van der Waals surface area (Å²) in [6.07, 6.45) is 10.6. The number of Topliss-reactive ketones (excluding diaryl/α,β-unsaturated/α-hetero) is 1. The first-order valence-electron chi connectivity index (χ1n) is 6.53. The van der Waals surface area contributed by atoms with Crippen molar-refractivity contribution in [2.24, 2.45) is 0 Å². The van der Waals surface area contributed by atoms with Crippen molar-refractivity contribution < 1.29 is 14.3 Å². The van der Waals surface area contributed by atoms with Crippen molar-refractivity contribution in [1.82, 2.24) is 0 Å². The van der Waals surface area contributed by atoms with Gasteiger partial charge in [-0.2, -0.15) is 0 Å². The Hall–Kier alpha value is -1.12. The lowest BCUT2D eigenvalue weighted by atomic mass is 10.0. The normalized spacial score (nSPS) is 14.9. The summed E-state index contributed by atoms with van der Waals surface area (Å²) in [4.78, 5) is 22.2. The zero-order chi connectivity index (χ0) is 12.5. The van der Waals surface area contributed by atoms with E-state index in [1.165, 1.54) is 7.11 Å². The fraction of sp³-hybridized carbons (Fsp3) is 0.714. The summed E-state index contributed by atoms with van der Waals surface area (Å²) in [6, 6.07) is 0. The maximum Gasteiger partial charge on any atom is 0.305 e. The SMILES string of the molecule is COC(=O)CCCCCCCC1=CCCC1=O. The Labute approximate surface area is 103 Å². The maximum absolute atomic E-state index is 11.3. The molecule has 0 aliphatic heterocycles. The highest BCUT2D eigenvalue weighted by molar-refractivity contribution is 5.97. The summed E-state index contributed by atoms with van der Waals surface area (Å²) >= 11 is 0. The van der Waals surface area contributed by atoms with Crippen LogP contribution in [0, 0.1) is 0 Å². The molecule has 0 aromatic rings. The van der Waals surface area contributed by atoms with Gasteiger partial charge in [0.1, 0.15) is 0 Å². The third-order valence-electron chi connectivity index (χ3n) is 3.17. The summed E-state index contributed by atoms with van der Waals surface area (Å²) in [5.74, 6) is 0.224. The molecule has 0 aromatic heterocycles. The predicted octanol–water partition coefficient (Wildman–Crippen LogP) is 3.18. The van der Waals surface area contributed by atoms with Gasteiger partial charge in [0.15, 0.2) is 5.78 Å². The molecule has 0 saturated carbocycles. The molecule has 1 rings (SSSR count). The van der Waals surface area contributed by atoms with Gasteiger partial charge in [-0.1, -0.05) is 25.3 Å². The second-order valence-corrected chi connectivity index (χ2v) is 4.54. The van der Waals surface area contributed by atoms with E-state index in [4.69, 9.17) is 0 Å². The van der Waals surface area contributed by atoms with Crippen molar-refractivity contribution in [2.45, 2.75) is 57.8 Å². The van der Waals surface area contributed by atoms with Gasteiger partial charge in [-0.25, -0.2) is 0 Å². The van der Waals surface area contributed by atoms with Gasteiger partial charge in [0.25, 0.3) is 0 Å². The molecule has 1 aliphatic carbocycles. The van der Waals surface area contributed by atoms with Gasteiger partial charge >= 0.3 is 5.97 Å². The van der Waals surface area contributed by atoms with Crippen LogP contribution in [0.1, 0.15) is 57.8 Å². The minimum atomic E-state index is -0.119. The van der Waals surface area contributed by atoms with Gasteiger partial charge in [0.2, 0.25) is 0 Å². The fourth-order valence-corrected chi connectivity index (χ4v) is 2.11. The first kappa shape index (κ1) is 13.9. The van der Waals surface area contributed by atoms with Crippen molar-refractivity contribution in [3.05, 3.63) is 11.6 Å². The molecule has 0 radical (unpaired) electrons. The van der Waals surface area contributed by atoms with E-state index in [2.05, 4.69) is 10.8 Å². The molecule has 0 fully saturated rings. The number of hydrogen-bond donors (Lipinski definition) is 0. The smallest absolute Gasteiger partial charge is 0.305 e. The van der Waals surface area contributed by atoms with Crippen LogP contribution in [0.4, 0.5) is 0 Å². The minimum absolute atomic E-state index is 0.119. The Morgan fingerprint density at radius 2 is 1.94 bits per heavy atom. The van der Waals surface area contributed by atoms with Gasteiger partial charge in [-0.15, -0.1) is 0 Å². The number of rotatable bonds is 8. The summed E-state index contributed by atoms with van der Waals surface area (Å²) < 4.78 is 4.57. The van der Waals surface area contributed by atoms with Crippen molar-refractivity contribution >= 4 is 11.8 Å². The molecule has 1 aliphatic rings. The van der Waals surface area contributed by atoms with Crippen LogP contribution in [0.2, 0.25) is 0 Å². The van der Waals surface area contributed by atoms with E-state index in [-0.39, 0.29) is 5.97 Å². The first-order chi connectivity index (χ1) is 8.24. The first-order valence-corrected chi connectivity index (χ1v) is 6.53. The maximum atomic E-state index is 11.3. The quantitative estimate of drug-likeness (QED) is 0.482. The number of ether oxygens (including phenoxy) is 1. The van der Waals surface area contributed by atoms with Crippen LogP contribution >= 0.6 is 0 Å². The summed E-state index contributed by atoms with van der Waals surface area (Å²) in [6.45, 7) is 0. The van der Waals surface area contributed by atoms with Crippen molar-refractivity contribution in [2.75, 3.05) is 7.11 Å². The largest absolute Gasteiger partial charge is 0.469 e. The molecule has 17 heavy (non-hydrogen) atoms. The van der Waals surface area contributed by atoms with E-state index in [1.807, 2.05) is 0 Å². The van der Waals surface area contributed by atoms with Crippen LogP contribution in [0.25, 0.3) is 0 Å². The monoisotopic (exact) mass is 238 g/mol. The van der Waals surface area contributed by atoms with Crippen LogP contribution in [-0.4, -0.2) is 18.9 Å². The topological polar surface area (TPSA) is 43.4 Å². The lowest BCUT2D eigenvalue weighted by Gasteiger charge is -2.02. The molecule has 0 aromatic carbocycles. The van der Waals surface area contributed by atoms with E-state index >= 15 is 0 Å². The molecule has 0 bridgehead atoms. The second kappa shape index (κ2) is 8.04. The molecule has 0 amide bonds. The van der Waals surface area contributed by atoms with E-state index in [9.17, 15) is 9.59 Å². The highest BCUT2D eigenvalue weighted by Gasteiger charge is 2.13. The van der Waals surface area contributed by atoms with Crippen LogP contribution in [-0.2, 0) is 14.3 Å². The molecule has 96 valence electrons. The number of ketones is 1. The summed E-state index contributed by atoms with van der Waals surface area (Å²) in [7, 11) is 1.43. The average molecular weight is 238 g/mol. The molecule has 0 unspecified atom stereocenters. The Kier molecular flexibility index (Phi) is 6.60. The van der Waals surface area contributed by atoms with E-state index in [1.54, 1.807) is 0 Å². The molecule has 3 nitrogen and oxygen atoms in total. The van der Waals surface area contributed by atoms with Crippen molar-refractivity contribution in [3.63, 3.8) is 0 Å². The van der Waals surface area contributed by atoms with Gasteiger partial charge in [0, 0.05) is 12.8 Å². The average Bonchev–Trinajstić information content (AvgIpc) is 2.73. The lowest BCUT2D eigenvalue weighted by Crippen LogP contribution is -1.99. The molecule has 0 saturated heterocycles. The minimum Gasteiger partial charge on any atom is -0.469 e. The second-order valence-electron chi connectivity index (χ2n) is 4.54. The van der Waals surface area contributed by atoms with Gasteiger partial charge in [-0.05, 0) is 31.3 Å². The molecule has 0 atom stereocenters. The zero-order valence-corrected chi connectivity index (χ0v) is 10.7. The number of methoxy groups -OCH3 is 1. The number of unbranched alkanes of at least 4 members (excludes halogenated alkanes) is 4. The van der Waals surface area contributed by atoms with Crippen LogP contribution in [0.3, 0.4) is 0 Å². The number of esters is 1. The Balaban J connectivity index is 1.91. The molecule has 0 N–H and O–H groups in total. The van der Waals surface area contributed by atoms with Gasteiger partial charge in [0.05, 0.1) is 7.11 Å². The third kappa shape index (κ3) is 5.66. The van der Waals surface area contributed by atoms with Crippen molar-refractivity contribution in [1.29, 1.82) is 0 Å². The molecular weight excluding hydrogens is 216 g/mol. The molecule has 0 heterocycles. The van der Waals surface area contributed by atoms with Crippen LogP contribution in [0.5, 0.6) is 0 Å². The third-order valence-corrected chi connectivity index (χ3v) is 3.17.